The number of halogens is 4. The first-order valence-electron chi connectivity index (χ1n) is 8.75. The molecule has 0 saturated carbocycles. The van der Waals surface area contributed by atoms with Gasteiger partial charge in [-0.2, -0.15) is 13.2 Å². The fourth-order valence-electron chi connectivity index (χ4n) is 2.69. The fourth-order valence-corrected chi connectivity index (χ4v) is 2.69. The van der Waals surface area contributed by atoms with Crippen molar-refractivity contribution in [1.82, 2.24) is 15.0 Å². The van der Waals surface area contributed by atoms with E-state index in [1.54, 1.807) is 27.7 Å². The van der Waals surface area contributed by atoms with Gasteiger partial charge in [-0.05, 0) is 52.0 Å². The topological polar surface area (TPSA) is 58.4 Å². The zero-order valence-corrected chi connectivity index (χ0v) is 16.5. The molecule has 1 saturated heterocycles. The van der Waals surface area contributed by atoms with E-state index in [1.165, 1.54) is 18.3 Å². The number of methoxy groups -OCH3 is 1. The molecule has 6 nitrogen and oxygen atoms in total. The molecule has 2 heterocycles. The van der Waals surface area contributed by atoms with E-state index in [0.717, 1.165) is 23.9 Å². The van der Waals surface area contributed by atoms with Crippen molar-refractivity contribution in [3.63, 3.8) is 0 Å². The van der Waals surface area contributed by atoms with Gasteiger partial charge >= 0.3 is 13.3 Å². The molecule has 0 spiro atoms. The third-order valence-electron chi connectivity index (χ3n) is 5.03. The first-order valence-corrected chi connectivity index (χ1v) is 8.75. The van der Waals surface area contributed by atoms with E-state index in [1.807, 2.05) is 0 Å². The van der Waals surface area contributed by atoms with E-state index in [-0.39, 0.29) is 17.1 Å². The van der Waals surface area contributed by atoms with Crippen LogP contribution in [-0.2, 0) is 15.5 Å². The Hall–Kier alpha value is -2.40. The lowest BCUT2D eigenvalue weighted by molar-refractivity contribution is -0.138. The molecule has 0 amide bonds. The van der Waals surface area contributed by atoms with Crippen molar-refractivity contribution in [3.8, 4) is 11.4 Å². The highest BCUT2D eigenvalue weighted by molar-refractivity contribution is 6.54. The van der Waals surface area contributed by atoms with E-state index in [4.69, 9.17) is 14.0 Å². The molecule has 1 fully saturated rings. The van der Waals surface area contributed by atoms with Gasteiger partial charge in [0.1, 0.15) is 17.2 Å². The molecule has 0 N–H and O–H groups in total. The smallest absolute Gasteiger partial charge is 0.496 e. The van der Waals surface area contributed by atoms with E-state index >= 15 is 0 Å². The van der Waals surface area contributed by atoms with Crippen LogP contribution in [0, 0.1) is 0 Å². The molecule has 1 aromatic carbocycles. The molecule has 11 heteroatoms. The summed E-state index contributed by atoms with van der Waals surface area (Å²) in [6, 6.07) is 3.45. The summed E-state index contributed by atoms with van der Waals surface area (Å²) in [6.45, 7) is 7.16. The van der Waals surface area contributed by atoms with Gasteiger partial charge in [-0.15, -0.1) is 5.10 Å². The molecule has 1 aliphatic heterocycles. The summed E-state index contributed by atoms with van der Waals surface area (Å²) >= 11 is 0. The van der Waals surface area contributed by atoms with Crippen LogP contribution in [0.25, 0.3) is 11.8 Å². The average molecular weight is 413 g/mol. The normalized spacial score (nSPS) is 18.9. The zero-order valence-electron chi connectivity index (χ0n) is 16.5. The minimum absolute atomic E-state index is 0.0984. The van der Waals surface area contributed by atoms with Crippen molar-refractivity contribution in [2.24, 2.45) is 0 Å². The van der Waals surface area contributed by atoms with E-state index in [2.05, 4.69) is 10.3 Å². The van der Waals surface area contributed by atoms with Crippen molar-refractivity contribution in [1.29, 1.82) is 0 Å². The third-order valence-corrected chi connectivity index (χ3v) is 5.03. The molecule has 2 aromatic rings. The Bertz CT molecular complexity index is 925. The van der Waals surface area contributed by atoms with Gasteiger partial charge in [0.25, 0.3) is 0 Å². The number of ether oxygens (including phenoxy) is 1. The second kappa shape index (κ2) is 7.14. The summed E-state index contributed by atoms with van der Waals surface area (Å²) in [7, 11) is -0.0517. The van der Waals surface area contributed by atoms with Crippen molar-refractivity contribution in [3.05, 3.63) is 41.4 Å². The fraction of sp³-hybridized carbons (Fsp3) is 0.444. The number of hydrogen-bond donors (Lipinski definition) is 0. The molecule has 1 aromatic heterocycles. The summed E-state index contributed by atoms with van der Waals surface area (Å²) in [4.78, 5) is 0. The quantitative estimate of drug-likeness (QED) is 0.555. The minimum Gasteiger partial charge on any atom is -0.496 e. The van der Waals surface area contributed by atoms with Crippen LogP contribution in [0.5, 0.6) is 5.75 Å². The number of nitrogens with zero attached hydrogens (tertiary/aromatic N) is 3. The highest BCUT2D eigenvalue weighted by Gasteiger charge is 2.53. The first kappa shape index (κ1) is 21.3. The lowest BCUT2D eigenvalue weighted by Gasteiger charge is -2.32. The van der Waals surface area contributed by atoms with Gasteiger partial charge in [0.05, 0.1) is 35.8 Å². The van der Waals surface area contributed by atoms with Crippen molar-refractivity contribution in [2.45, 2.75) is 45.1 Å². The third kappa shape index (κ3) is 4.15. The maximum atomic E-state index is 14.6. The molecular formula is C18H20BF4N3O3. The predicted octanol–water partition coefficient (Wildman–Crippen LogP) is 4.24. The average Bonchev–Trinajstić information content (AvgIpc) is 3.15. The van der Waals surface area contributed by atoms with Crippen LogP contribution in [0.4, 0.5) is 17.6 Å². The molecule has 0 atom stereocenters. The maximum absolute atomic E-state index is 14.6. The van der Waals surface area contributed by atoms with Gasteiger partial charge in [0.15, 0.2) is 0 Å². The highest BCUT2D eigenvalue weighted by atomic mass is 19.4. The van der Waals surface area contributed by atoms with Crippen LogP contribution in [0.2, 0.25) is 0 Å². The molecule has 0 unspecified atom stereocenters. The molecule has 1 aliphatic rings. The van der Waals surface area contributed by atoms with E-state index in [9.17, 15) is 17.6 Å². The Labute approximate surface area is 165 Å². The Morgan fingerprint density at radius 1 is 1.17 bits per heavy atom. The zero-order chi connectivity index (χ0) is 21.6. The van der Waals surface area contributed by atoms with Crippen molar-refractivity contribution >= 4 is 13.2 Å². The first-order chi connectivity index (χ1) is 13.3. The van der Waals surface area contributed by atoms with Gasteiger partial charge in [0, 0.05) is 0 Å². The van der Waals surface area contributed by atoms with Gasteiger partial charge in [0.2, 0.25) is 0 Å². The molecule has 29 heavy (non-hydrogen) atoms. The largest absolute Gasteiger partial charge is 0.525 e. The van der Waals surface area contributed by atoms with Crippen molar-refractivity contribution < 1.29 is 31.6 Å². The van der Waals surface area contributed by atoms with E-state index in [0.29, 0.717) is 0 Å². The predicted molar refractivity (Wildman–Crippen MR) is 98.1 cm³/mol. The van der Waals surface area contributed by atoms with Crippen LogP contribution >= 0.6 is 0 Å². The number of alkyl halides is 3. The lowest BCUT2D eigenvalue weighted by Crippen LogP contribution is -2.41. The SMILES string of the molecule is COc1ccc(-n2cc(C=C(F)B3OC(C)(C)C(C)(C)O3)nn2)cc1C(F)(F)F. The van der Waals surface area contributed by atoms with Gasteiger partial charge in [-0.25, -0.2) is 9.07 Å². The Morgan fingerprint density at radius 3 is 2.34 bits per heavy atom. The Kier molecular flexibility index (Phi) is 5.25. The van der Waals surface area contributed by atoms with Crippen LogP contribution in [0.15, 0.2) is 30.1 Å². The molecule has 0 bridgehead atoms. The highest BCUT2D eigenvalue weighted by Crippen LogP contribution is 2.39. The number of rotatable bonds is 4. The molecular weight excluding hydrogens is 393 g/mol. The summed E-state index contributed by atoms with van der Waals surface area (Å²) in [6.07, 6.45) is -2.24. The van der Waals surface area contributed by atoms with Crippen molar-refractivity contribution in [2.75, 3.05) is 7.11 Å². The molecule has 156 valence electrons. The number of aromatic nitrogens is 3. The summed E-state index contributed by atoms with van der Waals surface area (Å²) < 4.78 is 71.2. The van der Waals surface area contributed by atoms with E-state index < -0.39 is 35.8 Å². The summed E-state index contributed by atoms with van der Waals surface area (Å²) in [5.41, 5.74) is -2.90. The standard InChI is InChI=1S/C18H20BF4N3O3/c1-16(2)17(3,4)29-19(28-16)15(20)8-11-10-26(25-24-11)12-6-7-14(27-5)13(9-12)18(21,22)23/h6-10H,1-5H3. The van der Waals surface area contributed by atoms with Gasteiger partial charge < -0.3 is 14.0 Å². The van der Waals surface area contributed by atoms with Crippen LogP contribution in [0.3, 0.4) is 0 Å². The second-order valence-corrected chi connectivity index (χ2v) is 7.59. The maximum Gasteiger partial charge on any atom is 0.525 e. The van der Waals surface area contributed by atoms with Crippen LogP contribution in [-0.4, -0.2) is 40.4 Å². The molecule has 0 radical (unpaired) electrons. The van der Waals surface area contributed by atoms with Crippen LogP contribution < -0.4 is 4.74 Å². The molecule has 0 aliphatic carbocycles. The van der Waals surface area contributed by atoms with Gasteiger partial charge in [-0.3, -0.25) is 0 Å². The summed E-state index contributed by atoms with van der Waals surface area (Å²) in [5.74, 6) is -0.312. The number of benzene rings is 1. The monoisotopic (exact) mass is 413 g/mol. The summed E-state index contributed by atoms with van der Waals surface area (Å²) in [5, 5.41) is 7.55. The minimum atomic E-state index is -4.60. The Morgan fingerprint density at radius 2 is 1.79 bits per heavy atom. The number of hydrogen-bond acceptors (Lipinski definition) is 5. The second-order valence-electron chi connectivity index (χ2n) is 7.59. The van der Waals surface area contributed by atoms with Gasteiger partial charge in [-0.1, -0.05) is 5.21 Å². The van der Waals surface area contributed by atoms with Crippen LogP contribution in [0.1, 0.15) is 39.0 Å². The lowest BCUT2D eigenvalue weighted by atomic mass is 9.87. The molecule has 3 rings (SSSR count). The Balaban J connectivity index is 1.86.